The number of esters is 1. The maximum atomic E-state index is 11.9. The lowest BCUT2D eigenvalue weighted by Crippen LogP contribution is -2.21. The summed E-state index contributed by atoms with van der Waals surface area (Å²) in [6.45, 7) is -0.385. The van der Waals surface area contributed by atoms with E-state index in [-0.39, 0.29) is 24.5 Å². The third kappa shape index (κ3) is 4.07. The van der Waals surface area contributed by atoms with E-state index < -0.39 is 23.4 Å². The van der Waals surface area contributed by atoms with E-state index in [1.807, 2.05) is 0 Å². The summed E-state index contributed by atoms with van der Waals surface area (Å²) in [7, 11) is 0. The molecule has 9 nitrogen and oxygen atoms in total. The van der Waals surface area contributed by atoms with E-state index in [0.29, 0.717) is 17.2 Å². The molecule has 0 radical (unpaired) electrons. The van der Waals surface area contributed by atoms with E-state index in [0.717, 1.165) is 0 Å². The molecule has 1 N–H and O–H groups in total. The number of nitro benzene ring substituents is 1. The Kier molecular flexibility index (Phi) is 4.97. The molecule has 1 heterocycles. The number of carbonyl (C=O) groups is 2. The number of fused-ring (bicyclic) bond motifs is 1. The highest BCUT2D eigenvalue weighted by Crippen LogP contribution is 2.34. The normalized spacial score (nSPS) is 11.7. The SMILES string of the molecule is O=C(COC(=O)Cc1ccccc1[N+](=O)[O-])Nc1ccc2c(c1)OCO2. The minimum atomic E-state index is -0.736. The first-order chi connectivity index (χ1) is 12.5. The number of carbonyl (C=O) groups excluding carboxylic acids is 2. The second-order valence-corrected chi connectivity index (χ2v) is 5.34. The largest absolute Gasteiger partial charge is 0.455 e. The summed E-state index contributed by atoms with van der Waals surface area (Å²) < 4.78 is 15.2. The van der Waals surface area contributed by atoms with Gasteiger partial charge in [0.15, 0.2) is 18.1 Å². The highest BCUT2D eigenvalue weighted by molar-refractivity contribution is 5.93. The van der Waals surface area contributed by atoms with Gasteiger partial charge >= 0.3 is 5.97 Å². The molecule has 1 amide bonds. The van der Waals surface area contributed by atoms with Crippen molar-refractivity contribution in [1.82, 2.24) is 0 Å². The zero-order chi connectivity index (χ0) is 18.5. The predicted molar refractivity (Wildman–Crippen MR) is 89.0 cm³/mol. The topological polar surface area (TPSA) is 117 Å². The van der Waals surface area contributed by atoms with Crippen molar-refractivity contribution in [2.75, 3.05) is 18.7 Å². The van der Waals surface area contributed by atoms with Gasteiger partial charge in [0.2, 0.25) is 6.79 Å². The number of amides is 1. The van der Waals surface area contributed by atoms with Crippen molar-refractivity contribution in [2.45, 2.75) is 6.42 Å². The number of hydrogen-bond acceptors (Lipinski definition) is 7. The fourth-order valence-corrected chi connectivity index (χ4v) is 2.36. The Hall–Kier alpha value is -3.62. The van der Waals surface area contributed by atoms with Crippen molar-refractivity contribution in [2.24, 2.45) is 0 Å². The van der Waals surface area contributed by atoms with Gasteiger partial charge in [0.05, 0.1) is 11.3 Å². The van der Waals surface area contributed by atoms with Crippen LogP contribution in [0.25, 0.3) is 0 Å². The molecule has 0 atom stereocenters. The molecule has 3 rings (SSSR count). The summed E-state index contributed by atoms with van der Waals surface area (Å²) in [5, 5.41) is 13.5. The highest BCUT2D eigenvalue weighted by atomic mass is 16.7. The Balaban J connectivity index is 1.51. The smallest absolute Gasteiger partial charge is 0.311 e. The van der Waals surface area contributed by atoms with Crippen molar-refractivity contribution in [3.63, 3.8) is 0 Å². The molecule has 0 saturated heterocycles. The lowest BCUT2D eigenvalue weighted by Gasteiger charge is -2.07. The molecule has 1 aliphatic rings. The molecule has 0 saturated carbocycles. The molecule has 0 fully saturated rings. The van der Waals surface area contributed by atoms with Gasteiger partial charge in [-0.3, -0.25) is 19.7 Å². The average Bonchev–Trinajstić information content (AvgIpc) is 3.08. The summed E-state index contributed by atoms with van der Waals surface area (Å²) in [5.41, 5.74) is 0.516. The van der Waals surface area contributed by atoms with Crippen molar-refractivity contribution < 1.29 is 28.7 Å². The standard InChI is InChI=1S/C17H14N2O7/c20-16(18-12-5-6-14-15(8-12)26-10-25-14)9-24-17(21)7-11-3-1-2-4-13(11)19(22)23/h1-6,8H,7,9-10H2,(H,18,20). The van der Waals surface area contributed by atoms with E-state index in [4.69, 9.17) is 14.2 Å². The minimum absolute atomic E-state index is 0.121. The first-order valence-corrected chi connectivity index (χ1v) is 7.60. The molecule has 0 spiro atoms. The molecule has 2 aromatic rings. The van der Waals surface area contributed by atoms with Gasteiger partial charge in [-0.1, -0.05) is 18.2 Å². The summed E-state index contributed by atoms with van der Waals surface area (Å²) >= 11 is 0. The highest BCUT2D eigenvalue weighted by Gasteiger charge is 2.18. The third-order valence-electron chi connectivity index (χ3n) is 3.54. The van der Waals surface area contributed by atoms with Crippen LogP contribution < -0.4 is 14.8 Å². The number of nitrogens with one attached hydrogen (secondary N) is 1. The van der Waals surface area contributed by atoms with Crippen LogP contribution in [-0.2, 0) is 20.7 Å². The van der Waals surface area contributed by atoms with Gasteiger partial charge in [-0.05, 0) is 12.1 Å². The number of nitro groups is 1. The van der Waals surface area contributed by atoms with Gasteiger partial charge in [0, 0.05) is 23.4 Å². The zero-order valence-electron chi connectivity index (χ0n) is 13.5. The average molecular weight is 358 g/mol. The van der Waals surface area contributed by atoms with Crippen LogP contribution >= 0.6 is 0 Å². The maximum Gasteiger partial charge on any atom is 0.311 e. The van der Waals surface area contributed by atoms with Gasteiger partial charge < -0.3 is 19.5 Å². The summed E-state index contributed by atoms with van der Waals surface area (Å²) in [6, 6.07) is 10.7. The van der Waals surface area contributed by atoms with Gasteiger partial charge in [-0.25, -0.2) is 0 Å². The molecule has 0 aromatic heterocycles. The number of nitrogens with zero attached hydrogens (tertiary/aromatic N) is 1. The Bertz CT molecular complexity index is 866. The molecule has 0 bridgehead atoms. The quantitative estimate of drug-likeness (QED) is 0.477. The summed E-state index contributed by atoms with van der Waals surface area (Å²) in [4.78, 5) is 34.1. The molecular weight excluding hydrogens is 344 g/mol. The lowest BCUT2D eigenvalue weighted by atomic mass is 10.1. The van der Waals surface area contributed by atoms with Crippen molar-refractivity contribution in [3.8, 4) is 11.5 Å². The van der Waals surface area contributed by atoms with Crippen molar-refractivity contribution >= 4 is 23.3 Å². The van der Waals surface area contributed by atoms with Crippen LogP contribution in [0, 0.1) is 10.1 Å². The number of rotatable bonds is 6. The van der Waals surface area contributed by atoms with Crippen molar-refractivity contribution in [3.05, 3.63) is 58.1 Å². The number of ether oxygens (including phenoxy) is 3. The van der Waals surface area contributed by atoms with Gasteiger partial charge in [-0.2, -0.15) is 0 Å². The molecule has 9 heteroatoms. The van der Waals surface area contributed by atoms with Gasteiger partial charge in [-0.15, -0.1) is 0 Å². The van der Waals surface area contributed by atoms with Gasteiger partial charge in [0.25, 0.3) is 11.6 Å². The van der Waals surface area contributed by atoms with Gasteiger partial charge in [0.1, 0.15) is 0 Å². The molecular formula is C17H14N2O7. The van der Waals surface area contributed by atoms with E-state index in [2.05, 4.69) is 5.32 Å². The summed E-state index contributed by atoms with van der Waals surface area (Å²) in [5.74, 6) is -0.185. The Morgan fingerprint density at radius 3 is 2.73 bits per heavy atom. The number of benzene rings is 2. The maximum absolute atomic E-state index is 11.9. The first-order valence-electron chi connectivity index (χ1n) is 7.60. The number of hydrogen-bond donors (Lipinski definition) is 1. The van der Waals surface area contributed by atoms with Crippen LogP contribution in [0.15, 0.2) is 42.5 Å². The fraction of sp³-hybridized carbons (Fsp3) is 0.176. The second-order valence-electron chi connectivity index (χ2n) is 5.34. The van der Waals surface area contributed by atoms with E-state index >= 15 is 0 Å². The van der Waals surface area contributed by atoms with Crippen LogP contribution in [-0.4, -0.2) is 30.2 Å². The van der Waals surface area contributed by atoms with Crippen molar-refractivity contribution in [1.29, 1.82) is 0 Å². The monoisotopic (exact) mass is 358 g/mol. The Morgan fingerprint density at radius 2 is 1.92 bits per heavy atom. The Labute approximate surface area is 147 Å². The Morgan fingerprint density at radius 1 is 1.15 bits per heavy atom. The van der Waals surface area contributed by atoms with E-state index in [1.54, 1.807) is 24.3 Å². The molecule has 0 aliphatic carbocycles. The molecule has 134 valence electrons. The van der Waals surface area contributed by atoms with Crippen LogP contribution in [0.3, 0.4) is 0 Å². The second kappa shape index (κ2) is 7.51. The summed E-state index contributed by atoms with van der Waals surface area (Å²) in [6.07, 6.45) is -0.297. The first kappa shape index (κ1) is 17.2. The van der Waals surface area contributed by atoms with E-state index in [9.17, 15) is 19.7 Å². The molecule has 0 unspecified atom stereocenters. The lowest BCUT2D eigenvalue weighted by molar-refractivity contribution is -0.385. The van der Waals surface area contributed by atoms with Crippen LogP contribution in [0.5, 0.6) is 11.5 Å². The van der Waals surface area contributed by atoms with Crippen LogP contribution in [0.2, 0.25) is 0 Å². The van der Waals surface area contributed by atoms with E-state index in [1.165, 1.54) is 18.2 Å². The minimum Gasteiger partial charge on any atom is -0.455 e. The number of anilines is 1. The zero-order valence-corrected chi connectivity index (χ0v) is 13.5. The fourth-order valence-electron chi connectivity index (χ4n) is 2.36. The van der Waals surface area contributed by atoms with Crippen LogP contribution in [0.1, 0.15) is 5.56 Å². The molecule has 1 aliphatic heterocycles. The van der Waals surface area contributed by atoms with Crippen LogP contribution in [0.4, 0.5) is 11.4 Å². The molecule has 2 aromatic carbocycles. The molecule has 26 heavy (non-hydrogen) atoms. The predicted octanol–water partition coefficient (Wildman–Crippen LogP) is 2.05. The number of para-hydroxylation sites is 1. The third-order valence-corrected chi connectivity index (χ3v) is 3.54.